The van der Waals surface area contributed by atoms with Crippen molar-refractivity contribution >= 4 is 12.4 Å². The summed E-state index contributed by atoms with van der Waals surface area (Å²) < 4.78 is 11.0. The Bertz CT molecular complexity index is 426. The molecule has 0 saturated carbocycles. The van der Waals surface area contributed by atoms with Gasteiger partial charge in [0.15, 0.2) is 0 Å². The van der Waals surface area contributed by atoms with Crippen molar-refractivity contribution in [2.24, 2.45) is 0 Å². The van der Waals surface area contributed by atoms with E-state index in [0.29, 0.717) is 0 Å². The Labute approximate surface area is 132 Å². The van der Waals surface area contributed by atoms with Crippen LogP contribution >= 0.6 is 12.4 Å². The molecule has 0 aromatic heterocycles. The zero-order valence-corrected chi connectivity index (χ0v) is 13.7. The Morgan fingerprint density at radius 2 is 1.71 bits per heavy atom. The van der Waals surface area contributed by atoms with Gasteiger partial charge in [-0.05, 0) is 24.6 Å². The molecule has 21 heavy (non-hydrogen) atoms. The lowest BCUT2D eigenvalue weighted by molar-refractivity contribution is 0.107. The zero-order chi connectivity index (χ0) is 14.5. The summed E-state index contributed by atoms with van der Waals surface area (Å²) in [6.45, 7) is 5.75. The van der Waals surface area contributed by atoms with E-state index in [-0.39, 0.29) is 25.1 Å². The molecule has 120 valence electrons. The highest BCUT2D eigenvalue weighted by Gasteiger charge is 2.27. The number of ether oxygens (including phenoxy) is 2. The van der Waals surface area contributed by atoms with Crippen LogP contribution in [0.25, 0.3) is 0 Å². The normalized spacial score (nSPS) is 17.0. The number of halogens is 1. The maximum Gasteiger partial charge on any atom is 0.127 e. The van der Waals surface area contributed by atoms with E-state index >= 15 is 0 Å². The van der Waals surface area contributed by atoms with Gasteiger partial charge in [-0.25, -0.2) is 0 Å². The van der Waals surface area contributed by atoms with E-state index in [1.165, 1.54) is 0 Å². The van der Waals surface area contributed by atoms with Gasteiger partial charge in [0.05, 0.1) is 32.4 Å². The first-order chi connectivity index (χ1) is 9.71. The number of nitrogens with zero attached hydrogens (tertiary/aromatic N) is 1. The Morgan fingerprint density at radius 3 is 2.14 bits per heavy atom. The van der Waals surface area contributed by atoms with E-state index in [2.05, 4.69) is 10.2 Å². The summed E-state index contributed by atoms with van der Waals surface area (Å²) >= 11 is 0. The molecular formula is C15H25ClN2O3. The highest BCUT2D eigenvalue weighted by atomic mass is 35.5. The molecule has 1 heterocycles. The average molecular weight is 317 g/mol. The van der Waals surface area contributed by atoms with E-state index in [1.54, 1.807) is 14.2 Å². The van der Waals surface area contributed by atoms with Crippen molar-refractivity contribution < 1.29 is 14.6 Å². The van der Waals surface area contributed by atoms with Gasteiger partial charge in [-0.3, -0.25) is 4.90 Å². The molecule has 1 aromatic carbocycles. The van der Waals surface area contributed by atoms with Gasteiger partial charge in [0.2, 0.25) is 0 Å². The van der Waals surface area contributed by atoms with E-state index in [9.17, 15) is 5.11 Å². The monoisotopic (exact) mass is 316 g/mol. The summed E-state index contributed by atoms with van der Waals surface area (Å²) in [5.41, 5.74) is 2.02. The minimum absolute atomic E-state index is 0. The van der Waals surface area contributed by atoms with Crippen LogP contribution in [0.1, 0.15) is 17.2 Å². The second-order valence-electron chi connectivity index (χ2n) is 5.07. The fourth-order valence-corrected chi connectivity index (χ4v) is 2.78. The number of hydrogen-bond acceptors (Lipinski definition) is 5. The van der Waals surface area contributed by atoms with E-state index in [0.717, 1.165) is 48.8 Å². The van der Waals surface area contributed by atoms with Gasteiger partial charge in [-0.2, -0.15) is 0 Å². The molecule has 0 bridgehead atoms. The zero-order valence-electron chi connectivity index (χ0n) is 12.9. The smallest absolute Gasteiger partial charge is 0.127 e. The third kappa shape index (κ3) is 4.01. The summed E-state index contributed by atoms with van der Waals surface area (Å²) in [4.78, 5) is 2.27. The van der Waals surface area contributed by atoms with Crippen molar-refractivity contribution in [3.05, 3.63) is 23.3 Å². The van der Waals surface area contributed by atoms with Crippen LogP contribution in [-0.2, 0) is 0 Å². The van der Waals surface area contributed by atoms with E-state index in [1.807, 2.05) is 19.1 Å². The fourth-order valence-electron chi connectivity index (χ4n) is 2.78. The molecule has 0 unspecified atom stereocenters. The Morgan fingerprint density at radius 1 is 1.19 bits per heavy atom. The summed E-state index contributed by atoms with van der Waals surface area (Å²) in [7, 11) is 3.31. The molecule has 2 N–H and O–H groups in total. The van der Waals surface area contributed by atoms with Crippen LogP contribution in [0, 0.1) is 6.92 Å². The number of hydrogen-bond donors (Lipinski definition) is 2. The van der Waals surface area contributed by atoms with Crippen LogP contribution in [0.15, 0.2) is 12.1 Å². The molecule has 5 nitrogen and oxygen atoms in total. The Balaban J connectivity index is 0.00000220. The number of methoxy groups -OCH3 is 2. The van der Waals surface area contributed by atoms with Crippen molar-refractivity contribution in [2.45, 2.75) is 13.0 Å². The molecule has 0 spiro atoms. The molecule has 1 saturated heterocycles. The molecule has 1 aliphatic heterocycles. The molecule has 1 aromatic rings. The largest absolute Gasteiger partial charge is 0.496 e. The minimum Gasteiger partial charge on any atom is -0.496 e. The second kappa shape index (κ2) is 8.44. The van der Waals surface area contributed by atoms with Gasteiger partial charge in [0.1, 0.15) is 11.5 Å². The number of benzene rings is 1. The van der Waals surface area contributed by atoms with Crippen LogP contribution in [0.2, 0.25) is 0 Å². The first-order valence-electron chi connectivity index (χ1n) is 6.99. The van der Waals surface area contributed by atoms with Gasteiger partial charge in [-0.1, -0.05) is 0 Å². The average Bonchev–Trinajstić information content (AvgIpc) is 2.49. The summed E-state index contributed by atoms with van der Waals surface area (Å²) in [6.07, 6.45) is 0. The van der Waals surface area contributed by atoms with Crippen LogP contribution in [0.5, 0.6) is 11.5 Å². The molecule has 1 fully saturated rings. The molecule has 0 aliphatic carbocycles. The highest BCUT2D eigenvalue weighted by Crippen LogP contribution is 2.38. The van der Waals surface area contributed by atoms with Gasteiger partial charge >= 0.3 is 0 Å². The summed E-state index contributed by atoms with van der Waals surface area (Å²) in [5, 5.41) is 13.2. The third-order valence-electron chi connectivity index (χ3n) is 3.79. The van der Waals surface area contributed by atoms with Gasteiger partial charge < -0.3 is 19.9 Å². The number of aliphatic hydroxyl groups excluding tert-OH is 1. The van der Waals surface area contributed by atoms with Crippen LogP contribution < -0.4 is 14.8 Å². The number of rotatable bonds is 5. The highest BCUT2D eigenvalue weighted by molar-refractivity contribution is 5.85. The SMILES string of the molecule is COc1cc(C)cc(OC)c1[C@@H](CO)N1CCNCC1.Cl. The predicted molar refractivity (Wildman–Crippen MR) is 85.8 cm³/mol. The fraction of sp³-hybridized carbons (Fsp3) is 0.600. The molecule has 1 atom stereocenters. The maximum atomic E-state index is 9.87. The van der Waals surface area contributed by atoms with Gasteiger partial charge in [0.25, 0.3) is 0 Å². The van der Waals surface area contributed by atoms with Crippen LogP contribution in [0.4, 0.5) is 0 Å². The lowest BCUT2D eigenvalue weighted by Crippen LogP contribution is -2.46. The van der Waals surface area contributed by atoms with Crippen molar-refractivity contribution in [1.82, 2.24) is 10.2 Å². The number of aryl methyl sites for hydroxylation is 1. The van der Waals surface area contributed by atoms with Crippen LogP contribution in [-0.4, -0.2) is 57.0 Å². The first kappa shape index (κ1) is 18.0. The standard InChI is InChI=1S/C15H24N2O3.ClH/c1-11-8-13(19-2)15(14(9-11)20-3)12(10-18)17-6-4-16-5-7-17;/h8-9,12,16,18H,4-7,10H2,1-3H3;1H/t12-;/m1./s1. The maximum absolute atomic E-state index is 9.87. The number of nitrogens with one attached hydrogen (secondary N) is 1. The third-order valence-corrected chi connectivity index (χ3v) is 3.79. The lowest BCUT2D eigenvalue weighted by atomic mass is 10.0. The molecule has 0 amide bonds. The number of piperazine rings is 1. The molecule has 1 aliphatic rings. The van der Waals surface area contributed by atoms with Crippen molar-refractivity contribution in [2.75, 3.05) is 47.0 Å². The van der Waals surface area contributed by atoms with Crippen molar-refractivity contribution in [1.29, 1.82) is 0 Å². The molecule has 0 radical (unpaired) electrons. The summed E-state index contributed by atoms with van der Waals surface area (Å²) in [6, 6.07) is 3.88. The Hall–Kier alpha value is -1.01. The predicted octanol–water partition coefficient (Wildman–Crippen LogP) is 1.37. The van der Waals surface area contributed by atoms with E-state index < -0.39 is 0 Å². The van der Waals surface area contributed by atoms with Gasteiger partial charge in [-0.15, -0.1) is 12.4 Å². The Kier molecular flexibility index (Phi) is 7.25. The van der Waals surface area contributed by atoms with E-state index in [4.69, 9.17) is 9.47 Å². The van der Waals surface area contributed by atoms with Crippen molar-refractivity contribution in [3.8, 4) is 11.5 Å². The quantitative estimate of drug-likeness (QED) is 0.859. The molecule has 2 rings (SSSR count). The van der Waals surface area contributed by atoms with Crippen molar-refractivity contribution in [3.63, 3.8) is 0 Å². The molecule has 6 heteroatoms. The second-order valence-corrected chi connectivity index (χ2v) is 5.07. The first-order valence-corrected chi connectivity index (χ1v) is 6.99. The minimum atomic E-state index is -0.0948. The molecular weight excluding hydrogens is 292 g/mol. The summed E-state index contributed by atoms with van der Waals surface area (Å²) in [5.74, 6) is 1.55. The lowest BCUT2D eigenvalue weighted by Gasteiger charge is -2.35. The topological polar surface area (TPSA) is 54.0 Å². The van der Waals surface area contributed by atoms with Crippen LogP contribution in [0.3, 0.4) is 0 Å². The van der Waals surface area contributed by atoms with Gasteiger partial charge in [0, 0.05) is 26.2 Å². The number of aliphatic hydroxyl groups is 1.